The van der Waals surface area contributed by atoms with Crippen LogP contribution in [0.25, 0.3) is 10.9 Å². The average molecular weight is 270 g/mol. The molecule has 3 rings (SSSR count). The van der Waals surface area contributed by atoms with Crippen LogP contribution in [0.5, 0.6) is 0 Å². The van der Waals surface area contributed by atoms with E-state index in [2.05, 4.69) is 34.3 Å². The summed E-state index contributed by atoms with van der Waals surface area (Å²) in [5.74, 6) is 1.57. The Hall–Kier alpha value is -1.68. The molecule has 0 aliphatic carbocycles. The van der Waals surface area contributed by atoms with E-state index >= 15 is 0 Å². The van der Waals surface area contributed by atoms with Crippen LogP contribution in [-0.4, -0.2) is 36.1 Å². The smallest absolute Gasteiger partial charge is 0.225 e. The van der Waals surface area contributed by atoms with Crippen molar-refractivity contribution in [3.8, 4) is 0 Å². The van der Waals surface area contributed by atoms with Crippen LogP contribution in [0.4, 0.5) is 5.95 Å². The van der Waals surface area contributed by atoms with Crippen molar-refractivity contribution in [2.45, 2.75) is 19.8 Å². The van der Waals surface area contributed by atoms with Gasteiger partial charge in [0.2, 0.25) is 5.95 Å². The molecular weight excluding hydrogens is 248 g/mol. The molecule has 0 spiro atoms. The Morgan fingerprint density at radius 2 is 2.25 bits per heavy atom. The van der Waals surface area contributed by atoms with E-state index in [-0.39, 0.29) is 0 Å². The topological polar surface area (TPSA) is 41.0 Å². The summed E-state index contributed by atoms with van der Waals surface area (Å²) in [6.07, 6.45) is 4.51. The molecule has 1 aliphatic rings. The summed E-state index contributed by atoms with van der Waals surface area (Å²) in [6, 6.07) is 8.16. The number of fused-ring (bicyclic) bond motifs is 1. The molecule has 2 aromatic rings. The van der Waals surface area contributed by atoms with E-state index in [0.717, 1.165) is 43.0 Å². The van der Waals surface area contributed by atoms with Gasteiger partial charge in [-0.2, -0.15) is 0 Å². The molecule has 4 nitrogen and oxygen atoms in total. The monoisotopic (exact) mass is 270 g/mol. The van der Waals surface area contributed by atoms with Crippen molar-refractivity contribution in [2.24, 2.45) is 5.92 Å². The maximum atomic E-state index is 4.71. The van der Waals surface area contributed by atoms with Crippen LogP contribution in [0.1, 0.15) is 19.8 Å². The van der Waals surface area contributed by atoms with Gasteiger partial charge >= 0.3 is 0 Å². The molecule has 4 heteroatoms. The van der Waals surface area contributed by atoms with Gasteiger partial charge in [-0.25, -0.2) is 9.97 Å². The molecule has 1 atom stereocenters. The van der Waals surface area contributed by atoms with Crippen LogP contribution in [0.3, 0.4) is 0 Å². The second-order valence-electron chi connectivity index (χ2n) is 5.48. The van der Waals surface area contributed by atoms with Gasteiger partial charge in [-0.3, -0.25) is 0 Å². The van der Waals surface area contributed by atoms with Crippen LogP contribution < -0.4 is 10.2 Å². The number of aromatic nitrogens is 2. The Morgan fingerprint density at radius 1 is 1.35 bits per heavy atom. The van der Waals surface area contributed by atoms with E-state index in [1.165, 1.54) is 12.8 Å². The Balaban J connectivity index is 1.79. The molecule has 1 saturated heterocycles. The Bertz CT molecular complexity index is 563. The van der Waals surface area contributed by atoms with Gasteiger partial charge in [-0.05, 0) is 44.8 Å². The predicted molar refractivity (Wildman–Crippen MR) is 83.0 cm³/mol. The number of hydrogen-bond acceptors (Lipinski definition) is 4. The van der Waals surface area contributed by atoms with Crippen LogP contribution in [0.15, 0.2) is 30.5 Å². The molecule has 106 valence electrons. The van der Waals surface area contributed by atoms with E-state index in [4.69, 9.17) is 4.98 Å². The number of benzene rings is 1. The first-order valence-electron chi connectivity index (χ1n) is 7.54. The van der Waals surface area contributed by atoms with Crippen LogP contribution >= 0.6 is 0 Å². The lowest BCUT2D eigenvalue weighted by molar-refractivity contribution is 0.376. The van der Waals surface area contributed by atoms with Gasteiger partial charge in [0, 0.05) is 24.7 Å². The number of hydrogen-bond donors (Lipinski definition) is 1. The normalized spacial score (nSPS) is 19.1. The lowest BCUT2D eigenvalue weighted by Gasteiger charge is -2.29. The van der Waals surface area contributed by atoms with Crippen molar-refractivity contribution in [3.63, 3.8) is 0 Å². The van der Waals surface area contributed by atoms with E-state index in [0.29, 0.717) is 5.92 Å². The average Bonchev–Trinajstić information content (AvgIpc) is 2.53. The number of piperidine rings is 1. The van der Waals surface area contributed by atoms with Crippen molar-refractivity contribution >= 4 is 16.9 Å². The van der Waals surface area contributed by atoms with Gasteiger partial charge in [-0.15, -0.1) is 0 Å². The zero-order valence-corrected chi connectivity index (χ0v) is 12.0. The van der Waals surface area contributed by atoms with Crippen LogP contribution in [0, 0.1) is 5.92 Å². The van der Waals surface area contributed by atoms with Crippen LogP contribution in [-0.2, 0) is 0 Å². The number of nitrogens with one attached hydrogen (secondary N) is 1. The number of nitrogens with zero attached hydrogens (tertiary/aromatic N) is 3. The third-order valence-electron chi connectivity index (χ3n) is 4.02. The second-order valence-corrected chi connectivity index (χ2v) is 5.48. The maximum absolute atomic E-state index is 4.71. The van der Waals surface area contributed by atoms with E-state index in [1.807, 2.05) is 18.3 Å². The molecule has 1 unspecified atom stereocenters. The molecule has 2 heterocycles. The van der Waals surface area contributed by atoms with Gasteiger partial charge in [-0.1, -0.05) is 18.2 Å². The van der Waals surface area contributed by atoms with Gasteiger partial charge in [0.15, 0.2) is 0 Å². The highest BCUT2D eigenvalue weighted by Crippen LogP contribution is 2.18. The largest absolute Gasteiger partial charge is 0.341 e. The summed E-state index contributed by atoms with van der Waals surface area (Å²) >= 11 is 0. The third kappa shape index (κ3) is 2.90. The fourth-order valence-corrected chi connectivity index (χ4v) is 2.86. The maximum Gasteiger partial charge on any atom is 0.225 e. The summed E-state index contributed by atoms with van der Waals surface area (Å²) in [5.41, 5.74) is 1.03. The van der Waals surface area contributed by atoms with Crippen molar-refractivity contribution in [1.82, 2.24) is 15.3 Å². The molecule has 1 aromatic carbocycles. The molecule has 1 fully saturated rings. The quantitative estimate of drug-likeness (QED) is 0.926. The van der Waals surface area contributed by atoms with Gasteiger partial charge < -0.3 is 10.2 Å². The Kier molecular flexibility index (Phi) is 4.11. The van der Waals surface area contributed by atoms with Gasteiger partial charge in [0.1, 0.15) is 0 Å². The number of rotatable bonds is 4. The summed E-state index contributed by atoms with van der Waals surface area (Å²) in [7, 11) is 0. The molecule has 1 N–H and O–H groups in total. The molecule has 0 amide bonds. The molecule has 0 saturated carbocycles. The van der Waals surface area contributed by atoms with Crippen molar-refractivity contribution in [2.75, 3.05) is 31.1 Å². The number of anilines is 1. The van der Waals surface area contributed by atoms with Crippen LogP contribution in [0.2, 0.25) is 0 Å². The Morgan fingerprint density at radius 3 is 3.05 bits per heavy atom. The van der Waals surface area contributed by atoms with Gasteiger partial charge in [0.05, 0.1) is 5.52 Å². The minimum absolute atomic E-state index is 0.707. The molecule has 0 radical (unpaired) electrons. The first kappa shape index (κ1) is 13.3. The summed E-state index contributed by atoms with van der Waals surface area (Å²) in [4.78, 5) is 11.5. The fraction of sp³-hybridized carbons (Fsp3) is 0.500. The number of para-hydroxylation sites is 1. The first-order valence-corrected chi connectivity index (χ1v) is 7.54. The SMILES string of the molecule is CCN(CC1CCCNC1)c1ncc2ccccc2n1. The third-order valence-corrected chi connectivity index (χ3v) is 4.02. The van der Waals surface area contributed by atoms with E-state index < -0.39 is 0 Å². The van der Waals surface area contributed by atoms with E-state index in [1.54, 1.807) is 0 Å². The summed E-state index contributed by atoms with van der Waals surface area (Å²) in [5, 5.41) is 4.58. The van der Waals surface area contributed by atoms with Crippen molar-refractivity contribution in [1.29, 1.82) is 0 Å². The van der Waals surface area contributed by atoms with Crippen molar-refractivity contribution in [3.05, 3.63) is 30.5 Å². The standard InChI is InChI=1S/C16H22N4/c1-2-20(12-13-6-5-9-17-10-13)16-18-11-14-7-3-4-8-15(14)19-16/h3-4,7-8,11,13,17H,2,5-6,9-10,12H2,1H3. The Labute approximate surface area is 120 Å². The molecule has 20 heavy (non-hydrogen) atoms. The minimum atomic E-state index is 0.707. The first-order chi connectivity index (χ1) is 9.86. The molecule has 0 bridgehead atoms. The zero-order chi connectivity index (χ0) is 13.8. The summed E-state index contributed by atoms with van der Waals surface area (Å²) in [6.45, 7) is 6.45. The van der Waals surface area contributed by atoms with E-state index in [9.17, 15) is 0 Å². The second kappa shape index (κ2) is 6.18. The summed E-state index contributed by atoms with van der Waals surface area (Å²) < 4.78 is 0. The zero-order valence-electron chi connectivity index (χ0n) is 12.0. The lowest BCUT2D eigenvalue weighted by Crippen LogP contribution is -2.39. The minimum Gasteiger partial charge on any atom is -0.341 e. The van der Waals surface area contributed by atoms with Gasteiger partial charge in [0.25, 0.3) is 0 Å². The highest BCUT2D eigenvalue weighted by atomic mass is 15.2. The van der Waals surface area contributed by atoms with Crippen molar-refractivity contribution < 1.29 is 0 Å². The highest BCUT2D eigenvalue weighted by Gasteiger charge is 2.18. The molecule has 1 aliphatic heterocycles. The molecular formula is C16H22N4. The fourth-order valence-electron chi connectivity index (χ4n) is 2.86. The highest BCUT2D eigenvalue weighted by molar-refractivity contribution is 5.78. The molecule has 1 aromatic heterocycles. The predicted octanol–water partition coefficient (Wildman–Crippen LogP) is 2.46. The lowest BCUT2D eigenvalue weighted by atomic mass is 9.99.